The van der Waals surface area contributed by atoms with Crippen LogP contribution in [0.3, 0.4) is 0 Å². The Morgan fingerprint density at radius 1 is 1.04 bits per heavy atom. The third kappa shape index (κ3) is 4.26. The average Bonchev–Trinajstić information content (AvgIpc) is 2.59. The molecule has 1 N–H and O–H groups in total. The number of anilines is 1. The normalized spacial score (nSPS) is 11.6. The Hall–Kier alpha value is -1.89. The van der Waals surface area contributed by atoms with Crippen LogP contribution in [-0.4, -0.2) is 31.7 Å². The maximum Gasteiger partial charge on any atom is 0.257 e. The summed E-state index contributed by atoms with van der Waals surface area (Å²) in [6.45, 7) is 8.18. The lowest BCUT2D eigenvalue weighted by atomic mass is 10.1. The zero-order chi connectivity index (χ0) is 19.5. The minimum atomic E-state index is -3.66. The van der Waals surface area contributed by atoms with Gasteiger partial charge in [0.2, 0.25) is 10.0 Å². The summed E-state index contributed by atoms with van der Waals surface area (Å²) in [4.78, 5) is 12.7. The molecule has 0 aliphatic rings. The predicted molar refractivity (Wildman–Crippen MR) is 105 cm³/mol. The van der Waals surface area contributed by atoms with Gasteiger partial charge in [-0.05, 0) is 55.3 Å². The molecule has 0 unspecified atom stereocenters. The van der Waals surface area contributed by atoms with Crippen LogP contribution in [0.1, 0.15) is 35.3 Å². The molecular formula is C19H23ClN2O3S. The fourth-order valence-electron chi connectivity index (χ4n) is 2.57. The molecule has 1 amide bonds. The molecule has 0 heterocycles. The van der Waals surface area contributed by atoms with E-state index in [2.05, 4.69) is 5.32 Å². The Morgan fingerprint density at radius 3 is 2.27 bits per heavy atom. The largest absolute Gasteiger partial charge is 0.322 e. The standard InChI is InChI=1S/C19H23ClN2O3S/c1-5-22(6-2)26(24,25)16-9-10-18(20)17(12-16)19(23)21-15-8-7-13(3)14(4)11-15/h7-12H,5-6H2,1-4H3,(H,21,23). The van der Waals surface area contributed by atoms with Crippen LogP contribution in [0.2, 0.25) is 5.02 Å². The smallest absolute Gasteiger partial charge is 0.257 e. The van der Waals surface area contributed by atoms with E-state index in [-0.39, 0.29) is 15.5 Å². The number of carbonyl (C=O) groups is 1. The second kappa shape index (κ2) is 8.20. The van der Waals surface area contributed by atoms with E-state index in [0.717, 1.165) is 11.1 Å². The zero-order valence-corrected chi connectivity index (χ0v) is 16.9. The first-order valence-electron chi connectivity index (χ1n) is 8.39. The third-order valence-electron chi connectivity index (χ3n) is 4.29. The second-order valence-electron chi connectivity index (χ2n) is 5.98. The molecule has 2 aromatic rings. The van der Waals surface area contributed by atoms with Gasteiger partial charge in [0.15, 0.2) is 0 Å². The van der Waals surface area contributed by atoms with Gasteiger partial charge in [-0.2, -0.15) is 4.31 Å². The fourth-order valence-corrected chi connectivity index (χ4v) is 4.26. The number of aryl methyl sites for hydroxylation is 2. The topological polar surface area (TPSA) is 66.5 Å². The Bertz CT molecular complexity index is 922. The number of rotatable bonds is 6. The number of halogens is 1. The number of hydrogen-bond acceptors (Lipinski definition) is 3. The molecule has 0 spiro atoms. The van der Waals surface area contributed by atoms with Crippen LogP contribution in [0.15, 0.2) is 41.3 Å². The first-order valence-corrected chi connectivity index (χ1v) is 10.2. The lowest BCUT2D eigenvalue weighted by Crippen LogP contribution is -2.30. The van der Waals surface area contributed by atoms with Crippen LogP contribution in [0.25, 0.3) is 0 Å². The monoisotopic (exact) mass is 394 g/mol. The molecule has 0 aromatic heterocycles. The SMILES string of the molecule is CCN(CC)S(=O)(=O)c1ccc(Cl)c(C(=O)Nc2ccc(C)c(C)c2)c1. The van der Waals surface area contributed by atoms with Crippen molar-refractivity contribution in [2.75, 3.05) is 18.4 Å². The van der Waals surface area contributed by atoms with Crippen LogP contribution in [-0.2, 0) is 10.0 Å². The molecule has 0 atom stereocenters. The summed E-state index contributed by atoms with van der Waals surface area (Å²) in [7, 11) is -3.66. The molecule has 26 heavy (non-hydrogen) atoms. The van der Waals surface area contributed by atoms with Crippen LogP contribution in [0.5, 0.6) is 0 Å². The van der Waals surface area contributed by atoms with E-state index in [9.17, 15) is 13.2 Å². The van der Waals surface area contributed by atoms with Gasteiger partial charge in [-0.25, -0.2) is 8.42 Å². The lowest BCUT2D eigenvalue weighted by molar-refractivity contribution is 0.102. The van der Waals surface area contributed by atoms with Gasteiger partial charge in [-0.15, -0.1) is 0 Å². The molecule has 0 saturated carbocycles. The summed E-state index contributed by atoms with van der Waals surface area (Å²) >= 11 is 6.14. The van der Waals surface area contributed by atoms with Crippen molar-refractivity contribution in [1.82, 2.24) is 4.31 Å². The number of nitrogens with one attached hydrogen (secondary N) is 1. The molecule has 7 heteroatoms. The number of benzene rings is 2. The van der Waals surface area contributed by atoms with Crippen molar-refractivity contribution < 1.29 is 13.2 Å². The van der Waals surface area contributed by atoms with Crippen molar-refractivity contribution in [3.63, 3.8) is 0 Å². The van der Waals surface area contributed by atoms with Gasteiger partial charge in [0.05, 0.1) is 15.5 Å². The van der Waals surface area contributed by atoms with Gasteiger partial charge >= 0.3 is 0 Å². The second-order valence-corrected chi connectivity index (χ2v) is 8.33. The van der Waals surface area contributed by atoms with Crippen LogP contribution >= 0.6 is 11.6 Å². The minimum absolute atomic E-state index is 0.0517. The zero-order valence-electron chi connectivity index (χ0n) is 15.3. The van der Waals surface area contributed by atoms with E-state index in [1.54, 1.807) is 19.9 Å². The molecule has 0 radical (unpaired) electrons. The van der Waals surface area contributed by atoms with E-state index in [1.165, 1.54) is 22.5 Å². The Balaban J connectivity index is 2.37. The number of nitrogens with zero attached hydrogens (tertiary/aromatic N) is 1. The lowest BCUT2D eigenvalue weighted by Gasteiger charge is -2.19. The van der Waals surface area contributed by atoms with E-state index in [1.807, 2.05) is 26.0 Å². The molecule has 0 bridgehead atoms. The first kappa shape index (κ1) is 20.4. The summed E-state index contributed by atoms with van der Waals surface area (Å²) in [6.07, 6.45) is 0. The van der Waals surface area contributed by atoms with Crippen molar-refractivity contribution in [3.05, 3.63) is 58.1 Å². The van der Waals surface area contributed by atoms with E-state index < -0.39 is 15.9 Å². The number of sulfonamides is 1. The Morgan fingerprint density at radius 2 is 1.69 bits per heavy atom. The van der Waals surface area contributed by atoms with Crippen molar-refractivity contribution in [2.24, 2.45) is 0 Å². The highest BCUT2D eigenvalue weighted by atomic mass is 35.5. The molecular weight excluding hydrogens is 372 g/mol. The highest BCUT2D eigenvalue weighted by Crippen LogP contribution is 2.24. The molecule has 140 valence electrons. The maximum absolute atomic E-state index is 12.7. The highest BCUT2D eigenvalue weighted by Gasteiger charge is 2.24. The Labute approximate surface area is 160 Å². The van der Waals surface area contributed by atoms with E-state index in [0.29, 0.717) is 18.8 Å². The summed E-state index contributed by atoms with van der Waals surface area (Å²) in [5.74, 6) is -0.449. The first-order chi connectivity index (χ1) is 12.2. The fraction of sp³-hybridized carbons (Fsp3) is 0.316. The molecule has 0 saturated heterocycles. The van der Waals surface area contributed by atoms with E-state index in [4.69, 9.17) is 11.6 Å². The van der Waals surface area contributed by atoms with Crippen LogP contribution in [0, 0.1) is 13.8 Å². The summed E-state index contributed by atoms with van der Waals surface area (Å²) in [5.41, 5.74) is 2.92. The van der Waals surface area contributed by atoms with Gasteiger partial charge in [-0.3, -0.25) is 4.79 Å². The number of hydrogen-bond donors (Lipinski definition) is 1. The predicted octanol–water partition coefficient (Wildman–Crippen LogP) is 4.24. The van der Waals surface area contributed by atoms with Gasteiger partial charge in [0.1, 0.15) is 0 Å². The van der Waals surface area contributed by atoms with Gasteiger partial charge in [-0.1, -0.05) is 31.5 Å². The quantitative estimate of drug-likeness (QED) is 0.796. The number of amides is 1. The molecule has 2 aromatic carbocycles. The maximum atomic E-state index is 12.7. The van der Waals surface area contributed by atoms with Crippen LogP contribution < -0.4 is 5.32 Å². The van der Waals surface area contributed by atoms with Gasteiger partial charge < -0.3 is 5.32 Å². The van der Waals surface area contributed by atoms with Crippen molar-refractivity contribution in [3.8, 4) is 0 Å². The molecule has 0 aliphatic heterocycles. The Kier molecular flexibility index (Phi) is 6.44. The van der Waals surface area contributed by atoms with E-state index >= 15 is 0 Å². The molecule has 0 aliphatic carbocycles. The van der Waals surface area contributed by atoms with Crippen molar-refractivity contribution in [2.45, 2.75) is 32.6 Å². The summed E-state index contributed by atoms with van der Waals surface area (Å²) < 4.78 is 26.7. The van der Waals surface area contributed by atoms with Crippen molar-refractivity contribution in [1.29, 1.82) is 0 Å². The van der Waals surface area contributed by atoms with Gasteiger partial charge in [0, 0.05) is 18.8 Å². The molecule has 5 nitrogen and oxygen atoms in total. The van der Waals surface area contributed by atoms with Crippen LogP contribution in [0.4, 0.5) is 5.69 Å². The minimum Gasteiger partial charge on any atom is -0.322 e. The summed E-state index contributed by atoms with van der Waals surface area (Å²) in [6, 6.07) is 9.75. The van der Waals surface area contributed by atoms with Gasteiger partial charge in [0.25, 0.3) is 5.91 Å². The highest BCUT2D eigenvalue weighted by molar-refractivity contribution is 7.89. The number of carbonyl (C=O) groups excluding carboxylic acids is 1. The molecule has 2 rings (SSSR count). The third-order valence-corrected chi connectivity index (χ3v) is 6.67. The average molecular weight is 395 g/mol. The van der Waals surface area contributed by atoms with Crippen molar-refractivity contribution >= 4 is 33.2 Å². The molecule has 0 fully saturated rings. The summed E-state index contributed by atoms with van der Waals surface area (Å²) in [5, 5.41) is 2.97.